The summed E-state index contributed by atoms with van der Waals surface area (Å²) in [5.41, 5.74) is 0. The van der Waals surface area contributed by atoms with Gasteiger partial charge in [-0.1, -0.05) is 19.8 Å². The summed E-state index contributed by atoms with van der Waals surface area (Å²) in [6.45, 7) is 6.81. The van der Waals surface area contributed by atoms with Gasteiger partial charge in [-0.2, -0.15) is 17.0 Å². The molecule has 0 bridgehead atoms. The number of hydrogen-bond acceptors (Lipinski definition) is 3. The Morgan fingerprint density at radius 2 is 1.86 bits per heavy atom. The van der Waals surface area contributed by atoms with Crippen molar-refractivity contribution in [2.75, 3.05) is 39.3 Å². The van der Waals surface area contributed by atoms with Crippen LogP contribution in [0.3, 0.4) is 0 Å². The van der Waals surface area contributed by atoms with Crippen LogP contribution in [0.2, 0.25) is 0 Å². The Labute approximate surface area is 130 Å². The van der Waals surface area contributed by atoms with Crippen molar-refractivity contribution >= 4 is 10.2 Å². The fraction of sp³-hybridized carbons (Fsp3) is 1.00. The molecule has 0 aromatic carbocycles. The molecule has 0 aliphatic carbocycles. The van der Waals surface area contributed by atoms with Crippen molar-refractivity contribution in [3.8, 4) is 0 Å². The van der Waals surface area contributed by atoms with E-state index in [-0.39, 0.29) is 0 Å². The van der Waals surface area contributed by atoms with Crippen molar-refractivity contribution in [1.82, 2.24) is 13.9 Å². The standard InChI is InChI=1S/C15H31N3O2S/c1-2-10-18(14-15-8-7-9-16-13-15)21(19,20)17-11-5-3-4-6-12-17/h15-16H,2-14H2,1H3. The zero-order valence-corrected chi connectivity index (χ0v) is 14.2. The van der Waals surface area contributed by atoms with E-state index in [0.29, 0.717) is 32.1 Å². The monoisotopic (exact) mass is 317 g/mol. The Hall–Kier alpha value is -0.170. The fourth-order valence-electron chi connectivity index (χ4n) is 3.35. The van der Waals surface area contributed by atoms with Crippen LogP contribution in [0.25, 0.3) is 0 Å². The lowest BCUT2D eigenvalue weighted by atomic mass is 10.00. The third-order valence-corrected chi connectivity index (χ3v) is 6.55. The SMILES string of the molecule is CCCN(CC1CCCNC1)S(=O)(=O)N1CCCCCC1. The maximum atomic E-state index is 12.9. The summed E-state index contributed by atoms with van der Waals surface area (Å²) in [6, 6.07) is 0. The highest BCUT2D eigenvalue weighted by atomic mass is 32.2. The fourth-order valence-corrected chi connectivity index (χ4v) is 5.21. The van der Waals surface area contributed by atoms with Crippen LogP contribution in [0.5, 0.6) is 0 Å². The van der Waals surface area contributed by atoms with Crippen LogP contribution in [0, 0.1) is 5.92 Å². The van der Waals surface area contributed by atoms with E-state index in [1.807, 2.05) is 0 Å². The second kappa shape index (κ2) is 8.46. The van der Waals surface area contributed by atoms with E-state index >= 15 is 0 Å². The number of rotatable bonds is 6. The average molecular weight is 317 g/mol. The summed E-state index contributed by atoms with van der Waals surface area (Å²) < 4.78 is 29.3. The van der Waals surface area contributed by atoms with E-state index in [4.69, 9.17) is 0 Å². The van der Waals surface area contributed by atoms with Gasteiger partial charge < -0.3 is 5.32 Å². The summed E-state index contributed by atoms with van der Waals surface area (Å²) in [5.74, 6) is 0.465. The van der Waals surface area contributed by atoms with Crippen LogP contribution in [0.4, 0.5) is 0 Å². The van der Waals surface area contributed by atoms with E-state index in [9.17, 15) is 8.42 Å². The zero-order valence-electron chi connectivity index (χ0n) is 13.4. The summed E-state index contributed by atoms with van der Waals surface area (Å²) in [4.78, 5) is 0. The first kappa shape index (κ1) is 17.2. The molecule has 1 N–H and O–H groups in total. The molecule has 1 unspecified atom stereocenters. The highest BCUT2D eigenvalue weighted by Crippen LogP contribution is 2.20. The number of hydrogen-bond donors (Lipinski definition) is 1. The minimum Gasteiger partial charge on any atom is -0.316 e. The molecule has 2 saturated heterocycles. The highest BCUT2D eigenvalue weighted by molar-refractivity contribution is 7.86. The van der Waals surface area contributed by atoms with Gasteiger partial charge in [0.05, 0.1) is 0 Å². The van der Waals surface area contributed by atoms with E-state index in [1.54, 1.807) is 8.61 Å². The molecular formula is C15H31N3O2S. The van der Waals surface area contributed by atoms with Gasteiger partial charge in [0.1, 0.15) is 0 Å². The summed E-state index contributed by atoms with van der Waals surface area (Å²) in [6.07, 6.45) is 7.51. The predicted molar refractivity (Wildman–Crippen MR) is 86.4 cm³/mol. The minimum absolute atomic E-state index is 0.465. The molecule has 5 nitrogen and oxygen atoms in total. The number of nitrogens with one attached hydrogen (secondary N) is 1. The number of piperidine rings is 1. The third kappa shape index (κ3) is 4.91. The molecule has 2 rings (SSSR count). The van der Waals surface area contributed by atoms with Gasteiger partial charge in [0, 0.05) is 26.2 Å². The summed E-state index contributed by atoms with van der Waals surface area (Å²) in [7, 11) is -3.27. The van der Waals surface area contributed by atoms with Gasteiger partial charge in [-0.3, -0.25) is 0 Å². The molecular weight excluding hydrogens is 286 g/mol. The van der Waals surface area contributed by atoms with Crippen LogP contribution < -0.4 is 5.32 Å². The molecule has 0 aromatic rings. The van der Waals surface area contributed by atoms with Crippen LogP contribution >= 0.6 is 0 Å². The zero-order chi connectivity index (χ0) is 15.1. The Morgan fingerprint density at radius 3 is 2.43 bits per heavy atom. The van der Waals surface area contributed by atoms with Gasteiger partial charge in [0.25, 0.3) is 10.2 Å². The molecule has 124 valence electrons. The lowest BCUT2D eigenvalue weighted by molar-refractivity contribution is 0.272. The molecule has 0 amide bonds. The first-order valence-corrected chi connectivity index (χ1v) is 10.00. The maximum absolute atomic E-state index is 12.9. The van der Waals surface area contributed by atoms with Gasteiger partial charge in [0.2, 0.25) is 0 Å². The van der Waals surface area contributed by atoms with Crippen molar-refractivity contribution in [2.24, 2.45) is 5.92 Å². The van der Waals surface area contributed by atoms with Crippen LogP contribution in [0.1, 0.15) is 51.9 Å². The molecule has 2 fully saturated rings. The molecule has 2 aliphatic rings. The van der Waals surface area contributed by atoms with Gasteiger partial charge in [-0.15, -0.1) is 0 Å². The van der Waals surface area contributed by atoms with Crippen molar-refractivity contribution in [3.63, 3.8) is 0 Å². The summed E-state index contributed by atoms with van der Waals surface area (Å²) >= 11 is 0. The van der Waals surface area contributed by atoms with Crippen LogP contribution in [-0.4, -0.2) is 56.3 Å². The van der Waals surface area contributed by atoms with Crippen LogP contribution in [0.15, 0.2) is 0 Å². The Bertz CT molecular complexity index is 386. The number of nitrogens with zero attached hydrogens (tertiary/aromatic N) is 2. The minimum atomic E-state index is -3.27. The first-order valence-electron chi connectivity index (χ1n) is 8.60. The van der Waals surface area contributed by atoms with Crippen molar-refractivity contribution in [3.05, 3.63) is 0 Å². The normalized spacial score (nSPS) is 25.9. The highest BCUT2D eigenvalue weighted by Gasteiger charge is 2.31. The van der Waals surface area contributed by atoms with E-state index in [0.717, 1.165) is 58.0 Å². The van der Waals surface area contributed by atoms with Gasteiger partial charge in [-0.05, 0) is 51.1 Å². The molecule has 2 aliphatic heterocycles. The molecule has 0 radical (unpaired) electrons. The van der Waals surface area contributed by atoms with Gasteiger partial charge >= 0.3 is 0 Å². The quantitative estimate of drug-likeness (QED) is 0.813. The maximum Gasteiger partial charge on any atom is 0.281 e. The second-order valence-electron chi connectivity index (χ2n) is 6.39. The largest absolute Gasteiger partial charge is 0.316 e. The molecule has 2 heterocycles. The molecule has 6 heteroatoms. The molecule has 0 aromatic heterocycles. The Balaban J connectivity index is 2.03. The molecule has 0 spiro atoms. The predicted octanol–water partition coefficient (Wildman–Crippen LogP) is 1.82. The van der Waals surface area contributed by atoms with E-state index in [1.165, 1.54) is 0 Å². The summed E-state index contributed by atoms with van der Waals surface area (Å²) in [5, 5.41) is 3.39. The van der Waals surface area contributed by atoms with Crippen LogP contribution in [-0.2, 0) is 10.2 Å². The third-order valence-electron chi connectivity index (χ3n) is 4.55. The smallest absolute Gasteiger partial charge is 0.281 e. The molecule has 0 saturated carbocycles. The topological polar surface area (TPSA) is 52.7 Å². The van der Waals surface area contributed by atoms with Crippen molar-refractivity contribution in [2.45, 2.75) is 51.9 Å². The van der Waals surface area contributed by atoms with E-state index in [2.05, 4.69) is 12.2 Å². The van der Waals surface area contributed by atoms with Crippen molar-refractivity contribution < 1.29 is 8.42 Å². The molecule has 21 heavy (non-hydrogen) atoms. The second-order valence-corrected chi connectivity index (χ2v) is 8.32. The lowest BCUT2D eigenvalue weighted by Crippen LogP contribution is -2.48. The molecule has 1 atom stereocenters. The Kier molecular flexibility index (Phi) is 6.92. The van der Waals surface area contributed by atoms with E-state index < -0.39 is 10.2 Å². The average Bonchev–Trinajstić information content (AvgIpc) is 2.77. The first-order chi connectivity index (χ1) is 10.1. The van der Waals surface area contributed by atoms with Gasteiger partial charge in [0.15, 0.2) is 0 Å². The van der Waals surface area contributed by atoms with Gasteiger partial charge in [-0.25, -0.2) is 0 Å². The Morgan fingerprint density at radius 1 is 1.14 bits per heavy atom. The van der Waals surface area contributed by atoms with Crippen molar-refractivity contribution in [1.29, 1.82) is 0 Å². The lowest BCUT2D eigenvalue weighted by Gasteiger charge is -2.33.